The van der Waals surface area contributed by atoms with E-state index in [-0.39, 0.29) is 0 Å². The molecule has 0 spiro atoms. The molecule has 0 aromatic heterocycles. The minimum Gasteiger partial charge on any atom is -0.385 e. The van der Waals surface area contributed by atoms with E-state index in [2.05, 4.69) is 38.9 Å². The zero-order valence-electron chi connectivity index (χ0n) is 16.7. The summed E-state index contributed by atoms with van der Waals surface area (Å²) in [5.74, 6) is 0.606. The molecule has 1 nitrogen and oxygen atoms in total. The van der Waals surface area contributed by atoms with Crippen molar-refractivity contribution in [3.05, 3.63) is 70.7 Å². The zero-order chi connectivity index (χ0) is 19.6. The molecule has 0 aromatic carbocycles. The first-order valence-corrected chi connectivity index (χ1v) is 9.59. The number of halogens is 1. The molecule has 1 N–H and O–H groups in total. The van der Waals surface area contributed by atoms with Crippen LogP contribution in [0.15, 0.2) is 70.7 Å². The molecule has 140 valence electrons. The molecule has 0 heterocycles. The second-order valence-corrected chi connectivity index (χ2v) is 7.75. The van der Waals surface area contributed by atoms with Gasteiger partial charge in [0, 0.05) is 17.1 Å². The second-order valence-electron chi connectivity index (χ2n) is 6.79. The van der Waals surface area contributed by atoms with Crippen LogP contribution in [0.4, 0.5) is 4.39 Å². The van der Waals surface area contributed by atoms with Crippen LogP contribution >= 0.6 is 11.8 Å². The van der Waals surface area contributed by atoms with E-state index >= 15 is 0 Å². The fraction of sp³-hybridized carbons (Fsp3) is 0.455. The smallest absolute Gasteiger partial charge is 0.135 e. The lowest BCUT2D eigenvalue weighted by atomic mass is 10.1. The fourth-order valence-corrected chi connectivity index (χ4v) is 2.40. The van der Waals surface area contributed by atoms with Gasteiger partial charge in [-0.3, -0.25) is 0 Å². The largest absolute Gasteiger partial charge is 0.385 e. The van der Waals surface area contributed by atoms with Crippen molar-refractivity contribution < 1.29 is 4.39 Å². The molecule has 0 saturated heterocycles. The Kier molecular flexibility index (Phi) is 10.5. The van der Waals surface area contributed by atoms with Crippen molar-refractivity contribution in [1.29, 1.82) is 0 Å². The number of allylic oxidation sites excluding steroid dienone is 6. The van der Waals surface area contributed by atoms with E-state index < -0.39 is 5.67 Å². The molecular formula is C22H34FNS. The van der Waals surface area contributed by atoms with Gasteiger partial charge in [0.2, 0.25) is 0 Å². The Labute approximate surface area is 158 Å². The van der Waals surface area contributed by atoms with Crippen LogP contribution in [0.3, 0.4) is 0 Å². The predicted octanol–water partition coefficient (Wildman–Crippen LogP) is 7.09. The molecular weight excluding hydrogens is 329 g/mol. The highest BCUT2D eigenvalue weighted by Gasteiger charge is 2.19. The summed E-state index contributed by atoms with van der Waals surface area (Å²) in [7, 11) is 0. The van der Waals surface area contributed by atoms with Crippen LogP contribution in [0.1, 0.15) is 48.0 Å². The van der Waals surface area contributed by atoms with Gasteiger partial charge in [-0.1, -0.05) is 70.0 Å². The highest BCUT2D eigenvalue weighted by Crippen LogP contribution is 2.31. The van der Waals surface area contributed by atoms with Crippen LogP contribution in [0.2, 0.25) is 0 Å². The van der Waals surface area contributed by atoms with Gasteiger partial charge in [-0.15, -0.1) is 0 Å². The molecule has 0 aliphatic heterocycles. The molecule has 0 aromatic rings. The molecule has 0 fully saturated rings. The van der Waals surface area contributed by atoms with Crippen LogP contribution in [0, 0.1) is 5.92 Å². The summed E-state index contributed by atoms with van der Waals surface area (Å²) in [5, 5.41) is 5.26. The van der Waals surface area contributed by atoms with E-state index in [0.717, 1.165) is 35.4 Å². The lowest BCUT2D eigenvalue weighted by molar-refractivity contribution is 0.282. The number of rotatable bonds is 11. The fourth-order valence-electron chi connectivity index (χ4n) is 1.67. The first-order chi connectivity index (χ1) is 11.5. The quantitative estimate of drug-likeness (QED) is 0.393. The van der Waals surface area contributed by atoms with E-state index in [9.17, 15) is 4.39 Å². The van der Waals surface area contributed by atoms with Gasteiger partial charge in [0.1, 0.15) is 5.67 Å². The van der Waals surface area contributed by atoms with Gasteiger partial charge in [-0.25, -0.2) is 4.39 Å². The van der Waals surface area contributed by atoms with Gasteiger partial charge in [0.25, 0.3) is 0 Å². The standard InChI is InChI=1S/C22H34FNS/c1-10-16(3)14-24-19(6)17(4)12-13-21(11-2)18(5)15-25-20(7)22(8,9)23/h11-13,15-16,24H,4,6-7,10,14H2,1-3,5,8-9H3/b13-12-,18-15+,21-11+. The molecule has 0 saturated carbocycles. The molecule has 0 aliphatic carbocycles. The zero-order valence-corrected chi connectivity index (χ0v) is 17.5. The summed E-state index contributed by atoms with van der Waals surface area (Å²) in [6.07, 6.45) is 7.12. The van der Waals surface area contributed by atoms with Crippen molar-refractivity contribution in [2.45, 2.75) is 53.6 Å². The van der Waals surface area contributed by atoms with Gasteiger partial charge in [0.05, 0.1) is 0 Å². The Balaban J connectivity index is 4.81. The van der Waals surface area contributed by atoms with Crippen LogP contribution in [-0.4, -0.2) is 12.2 Å². The molecule has 0 amide bonds. The van der Waals surface area contributed by atoms with E-state index in [0.29, 0.717) is 10.8 Å². The number of nitrogens with one attached hydrogen (secondary N) is 1. The third-order valence-electron chi connectivity index (χ3n) is 4.02. The van der Waals surface area contributed by atoms with Crippen molar-refractivity contribution in [2.24, 2.45) is 5.92 Å². The minimum absolute atomic E-state index is 0.498. The molecule has 25 heavy (non-hydrogen) atoms. The van der Waals surface area contributed by atoms with Gasteiger partial charge in [-0.05, 0) is 55.7 Å². The van der Waals surface area contributed by atoms with Crippen LogP contribution in [0.25, 0.3) is 0 Å². The Morgan fingerprint density at radius 1 is 1.24 bits per heavy atom. The third kappa shape index (κ3) is 9.54. The van der Waals surface area contributed by atoms with Crippen LogP contribution in [0.5, 0.6) is 0 Å². The number of alkyl halides is 1. The molecule has 0 rings (SSSR count). The summed E-state index contributed by atoms with van der Waals surface area (Å²) in [4.78, 5) is 0.498. The van der Waals surface area contributed by atoms with Crippen molar-refractivity contribution in [3.63, 3.8) is 0 Å². The van der Waals surface area contributed by atoms with Crippen LogP contribution < -0.4 is 5.32 Å². The summed E-state index contributed by atoms with van der Waals surface area (Å²) in [6, 6.07) is 0. The van der Waals surface area contributed by atoms with Gasteiger partial charge >= 0.3 is 0 Å². The van der Waals surface area contributed by atoms with E-state index in [4.69, 9.17) is 0 Å². The maximum absolute atomic E-state index is 13.8. The van der Waals surface area contributed by atoms with E-state index in [1.165, 1.54) is 25.6 Å². The number of hydrogen-bond donors (Lipinski definition) is 1. The predicted molar refractivity (Wildman–Crippen MR) is 114 cm³/mol. The van der Waals surface area contributed by atoms with Gasteiger partial charge < -0.3 is 5.32 Å². The summed E-state index contributed by atoms with van der Waals surface area (Å²) < 4.78 is 13.8. The Morgan fingerprint density at radius 3 is 2.32 bits per heavy atom. The summed E-state index contributed by atoms with van der Waals surface area (Å²) in [6.45, 7) is 24.2. The van der Waals surface area contributed by atoms with Gasteiger partial charge in [0.15, 0.2) is 0 Å². The SMILES string of the molecule is C=C(\C=C/C(=C\C)C(/C)=C/SC(=C)C(C)(C)F)C(=C)NCC(C)CC. The molecule has 0 radical (unpaired) electrons. The minimum atomic E-state index is -1.39. The first kappa shape index (κ1) is 23.5. The molecule has 3 heteroatoms. The topological polar surface area (TPSA) is 12.0 Å². The second kappa shape index (κ2) is 11.2. The normalized spacial score (nSPS) is 14.5. The maximum atomic E-state index is 13.8. The van der Waals surface area contributed by atoms with Crippen LogP contribution in [-0.2, 0) is 0 Å². The lowest BCUT2D eigenvalue weighted by Gasteiger charge is -2.15. The van der Waals surface area contributed by atoms with Crippen molar-refractivity contribution in [1.82, 2.24) is 5.32 Å². The summed E-state index contributed by atoms with van der Waals surface area (Å²) >= 11 is 1.33. The molecule has 0 aliphatic rings. The van der Waals surface area contributed by atoms with Crippen molar-refractivity contribution in [3.8, 4) is 0 Å². The average Bonchev–Trinajstić information content (AvgIpc) is 2.56. The maximum Gasteiger partial charge on any atom is 0.135 e. The number of hydrogen-bond acceptors (Lipinski definition) is 2. The highest BCUT2D eigenvalue weighted by molar-refractivity contribution is 8.05. The van der Waals surface area contributed by atoms with Crippen molar-refractivity contribution >= 4 is 11.8 Å². The lowest BCUT2D eigenvalue weighted by Crippen LogP contribution is -2.20. The monoisotopic (exact) mass is 363 g/mol. The van der Waals surface area contributed by atoms with E-state index in [1.807, 2.05) is 37.5 Å². The summed E-state index contributed by atoms with van der Waals surface area (Å²) in [5.41, 5.74) is 2.43. The Bertz CT molecular complexity index is 573. The first-order valence-electron chi connectivity index (χ1n) is 8.71. The van der Waals surface area contributed by atoms with E-state index in [1.54, 1.807) is 0 Å². The van der Waals surface area contributed by atoms with Gasteiger partial charge in [-0.2, -0.15) is 0 Å². The molecule has 0 bridgehead atoms. The Morgan fingerprint density at radius 2 is 1.84 bits per heavy atom. The third-order valence-corrected chi connectivity index (χ3v) is 5.26. The molecule has 1 atom stereocenters. The Hall–Kier alpha value is -1.48. The molecule has 1 unspecified atom stereocenters. The van der Waals surface area contributed by atoms with Crippen molar-refractivity contribution in [2.75, 3.05) is 6.54 Å². The number of thioether (sulfide) groups is 1. The highest BCUT2D eigenvalue weighted by atomic mass is 32.2. The average molecular weight is 364 g/mol.